The maximum absolute atomic E-state index is 13.1. The lowest BCUT2D eigenvalue weighted by atomic mass is 9.77. The Morgan fingerprint density at radius 1 is 0.969 bits per heavy atom. The van der Waals surface area contributed by atoms with Crippen LogP contribution in [0.5, 0.6) is 0 Å². The first kappa shape index (κ1) is 23.0. The second-order valence-electron chi connectivity index (χ2n) is 9.33. The molecule has 1 aromatic carbocycles. The van der Waals surface area contributed by atoms with Crippen LogP contribution in [-0.2, 0) is 9.53 Å². The first-order valence-corrected chi connectivity index (χ1v) is 11.8. The SMILES string of the molecule is O=C(c1ccc(N2CCOCC2)cc1)N1C[C@H]2C[C@@H](N3CCCC3)[C@H](O)C[C@H]2C1.O=CO. The Kier molecular flexibility index (Phi) is 7.65. The van der Waals surface area contributed by atoms with Crippen molar-refractivity contribution in [2.45, 2.75) is 37.8 Å². The van der Waals surface area contributed by atoms with Crippen molar-refractivity contribution >= 4 is 18.1 Å². The van der Waals surface area contributed by atoms with Crippen LogP contribution in [0.2, 0.25) is 0 Å². The van der Waals surface area contributed by atoms with Crippen molar-refractivity contribution in [3.63, 3.8) is 0 Å². The summed E-state index contributed by atoms with van der Waals surface area (Å²) in [7, 11) is 0. The van der Waals surface area contributed by atoms with E-state index in [4.69, 9.17) is 14.6 Å². The number of carbonyl (C=O) groups excluding carboxylic acids is 1. The van der Waals surface area contributed by atoms with Crippen LogP contribution in [0.3, 0.4) is 0 Å². The van der Waals surface area contributed by atoms with Crippen molar-refractivity contribution in [3.05, 3.63) is 29.8 Å². The predicted octanol–water partition coefficient (Wildman–Crippen LogP) is 1.53. The molecule has 3 aliphatic heterocycles. The van der Waals surface area contributed by atoms with Crippen molar-refractivity contribution in [2.24, 2.45) is 11.8 Å². The number of hydrogen-bond acceptors (Lipinski definition) is 6. The topological polar surface area (TPSA) is 93.5 Å². The molecule has 4 fully saturated rings. The molecule has 4 atom stereocenters. The minimum atomic E-state index is -0.250. The molecule has 0 bridgehead atoms. The van der Waals surface area contributed by atoms with Gasteiger partial charge in [-0.1, -0.05) is 0 Å². The number of aliphatic hydroxyl groups is 1. The highest BCUT2D eigenvalue weighted by Gasteiger charge is 2.44. The smallest absolute Gasteiger partial charge is 0.290 e. The molecule has 8 heteroatoms. The third-order valence-electron chi connectivity index (χ3n) is 7.50. The number of amides is 1. The number of nitrogens with zero attached hydrogens (tertiary/aromatic N) is 3. The molecule has 176 valence electrons. The summed E-state index contributed by atoms with van der Waals surface area (Å²) in [5.41, 5.74) is 1.94. The highest BCUT2D eigenvalue weighted by atomic mass is 16.5. The van der Waals surface area contributed by atoms with Crippen LogP contribution in [0.4, 0.5) is 5.69 Å². The maximum Gasteiger partial charge on any atom is 0.290 e. The van der Waals surface area contributed by atoms with Crippen LogP contribution in [0.15, 0.2) is 24.3 Å². The minimum Gasteiger partial charge on any atom is -0.483 e. The number of anilines is 1. The van der Waals surface area contributed by atoms with E-state index in [-0.39, 0.29) is 18.5 Å². The number of likely N-dealkylation sites (tertiary alicyclic amines) is 2. The van der Waals surface area contributed by atoms with E-state index in [9.17, 15) is 9.90 Å². The molecule has 5 rings (SSSR count). The molecule has 3 heterocycles. The summed E-state index contributed by atoms with van der Waals surface area (Å²) in [6, 6.07) is 8.36. The van der Waals surface area contributed by atoms with E-state index in [0.29, 0.717) is 17.9 Å². The number of fused-ring (bicyclic) bond motifs is 1. The zero-order valence-corrected chi connectivity index (χ0v) is 18.6. The molecular formula is C24H35N3O5. The lowest BCUT2D eigenvalue weighted by molar-refractivity contribution is -0.122. The fourth-order valence-electron chi connectivity index (χ4n) is 5.86. The molecular weight excluding hydrogens is 410 g/mol. The lowest BCUT2D eigenvalue weighted by Gasteiger charge is -2.40. The molecule has 0 unspecified atom stereocenters. The van der Waals surface area contributed by atoms with Crippen molar-refractivity contribution < 1.29 is 24.5 Å². The van der Waals surface area contributed by atoms with Gasteiger partial charge in [-0.15, -0.1) is 0 Å². The summed E-state index contributed by atoms with van der Waals surface area (Å²) >= 11 is 0. The van der Waals surface area contributed by atoms with Crippen molar-refractivity contribution in [2.75, 3.05) is 57.4 Å². The van der Waals surface area contributed by atoms with Gasteiger partial charge in [-0.05, 0) is 74.9 Å². The number of rotatable bonds is 3. The normalized spacial score (nSPS) is 30.4. The standard InChI is InChI=1S/C23H33N3O3.CH2O2/c27-22-14-19-16-26(15-18(19)13-21(22)25-7-1-2-8-25)23(28)17-3-5-20(6-4-17)24-9-11-29-12-10-24;2-1-3/h3-6,18-19,21-22,27H,1-2,7-16H2;1H,(H,2,3)/t18-,19+,21-,22-;/m1./s1. The Morgan fingerprint density at radius 2 is 1.56 bits per heavy atom. The summed E-state index contributed by atoms with van der Waals surface area (Å²) in [6.07, 6.45) is 4.14. The molecule has 1 amide bonds. The first-order chi connectivity index (χ1) is 15.6. The summed E-state index contributed by atoms with van der Waals surface area (Å²) < 4.78 is 5.42. The summed E-state index contributed by atoms with van der Waals surface area (Å²) in [4.78, 5) is 28.3. The van der Waals surface area contributed by atoms with Gasteiger partial charge in [-0.3, -0.25) is 14.5 Å². The van der Waals surface area contributed by atoms with Crippen LogP contribution >= 0.6 is 0 Å². The third kappa shape index (κ3) is 5.08. The summed E-state index contributed by atoms with van der Waals surface area (Å²) in [5, 5.41) is 17.6. The van der Waals surface area contributed by atoms with Crippen LogP contribution in [0.25, 0.3) is 0 Å². The second kappa shape index (κ2) is 10.6. The number of morpholine rings is 1. The van der Waals surface area contributed by atoms with E-state index < -0.39 is 0 Å². The molecule has 0 aromatic heterocycles. The van der Waals surface area contributed by atoms with Gasteiger partial charge in [0.05, 0.1) is 19.3 Å². The zero-order valence-electron chi connectivity index (χ0n) is 18.6. The molecule has 2 N–H and O–H groups in total. The molecule has 1 aliphatic carbocycles. The number of ether oxygens (including phenoxy) is 1. The Hall–Kier alpha value is -2.16. The largest absolute Gasteiger partial charge is 0.483 e. The van der Waals surface area contributed by atoms with Gasteiger partial charge in [0.1, 0.15) is 0 Å². The number of benzene rings is 1. The molecule has 32 heavy (non-hydrogen) atoms. The molecule has 4 aliphatic rings. The molecule has 0 spiro atoms. The van der Waals surface area contributed by atoms with Crippen molar-refractivity contribution in [3.8, 4) is 0 Å². The van der Waals surface area contributed by atoms with Gasteiger partial charge in [0, 0.05) is 43.5 Å². The highest BCUT2D eigenvalue weighted by molar-refractivity contribution is 5.94. The van der Waals surface area contributed by atoms with E-state index in [1.807, 2.05) is 17.0 Å². The van der Waals surface area contributed by atoms with Crippen LogP contribution < -0.4 is 4.90 Å². The number of hydrogen-bond donors (Lipinski definition) is 2. The Labute approximate surface area is 189 Å². The maximum atomic E-state index is 13.1. The van der Waals surface area contributed by atoms with E-state index in [0.717, 1.165) is 76.6 Å². The van der Waals surface area contributed by atoms with Gasteiger partial charge in [-0.25, -0.2) is 0 Å². The predicted molar refractivity (Wildman–Crippen MR) is 121 cm³/mol. The van der Waals surface area contributed by atoms with Gasteiger partial charge in [0.15, 0.2) is 0 Å². The van der Waals surface area contributed by atoms with E-state index in [1.165, 1.54) is 12.8 Å². The van der Waals surface area contributed by atoms with E-state index >= 15 is 0 Å². The third-order valence-corrected chi connectivity index (χ3v) is 7.50. The minimum absolute atomic E-state index is 0.139. The quantitative estimate of drug-likeness (QED) is 0.682. The summed E-state index contributed by atoms with van der Waals surface area (Å²) in [5.74, 6) is 1.11. The van der Waals surface area contributed by atoms with Crippen molar-refractivity contribution in [1.29, 1.82) is 0 Å². The fraction of sp³-hybridized carbons (Fsp3) is 0.667. The van der Waals surface area contributed by atoms with Gasteiger partial charge in [-0.2, -0.15) is 0 Å². The zero-order chi connectivity index (χ0) is 22.5. The van der Waals surface area contributed by atoms with Crippen LogP contribution in [-0.4, -0.2) is 97.0 Å². The highest BCUT2D eigenvalue weighted by Crippen LogP contribution is 2.39. The molecule has 1 saturated carbocycles. The number of carbonyl (C=O) groups is 2. The van der Waals surface area contributed by atoms with Gasteiger partial charge >= 0.3 is 0 Å². The van der Waals surface area contributed by atoms with Gasteiger partial charge in [0.25, 0.3) is 12.4 Å². The fourth-order valence-corrected chi connectivity index (χ4v) is 5.86. The van der Waals surface area contributed by atoms with E-state index in [1.54, 1.807) is 0 Å². The average molecular weight is 446 g/mol. The Bertz CT molecular complexity index is 761. The van der Waals surface area contributed by atoms with Crippen LogP contribution in [0, 0.1) is 11.8 Å². The monoisotopic (exact) mass is 445 g/mol. The van der Waals surface area contributed by atoms with Gasteiger partial charge < -0.3 is 24.7 Å². The Balaban J connectivity index is 0.000000775. The number of carboxylic acid groups (broad SMARTS) is 1. The van der Waals surface area contributed by atoms with Crippen molar-refractivity contribution in [1.82, 2.24) is 9.80 Å². The Morgan fingerprint density at radius 3 is 2.19 bits per heavy atom. The molecule has 1 aromatic rings. The van der Waals surface area contributed by atoms with E-state index in [2.05, 4.69) is 21.9 Å². The second-order valence-corrected chi connectivity index (χ2v) is 9.33. The molecule has 3 saturated heterocycles. The summed E-state index contributed by atoms with van der Waals surface area (Å²) in [6.45, 7) is 6.97. The number of aliphatic hydroxyl groups excluding tert-OH is 1. The van der Waals surface area contributed by atoms with Gasteiger partial charge in [0.2, 0.25) is 0 Å². The lowest BCUT2D eigenvalue weighted by Crippen LogP contribution is -2.48. The van der Waals surface area contributed by atoms with Crippen LogP contribution in [0.1, 0.15) is 36.0 Å². The average Bonchev–Trinajstić information content (AvgIpc) is 3.49. The first-order valence-electron chi connectivity index (χ1n) is 11.8. The molecule has 8 nitrogen and oxygen atoms in total. The molecule has 0 radical (unpaired) electrons.